The van der Waals surface area contributed by atoms with Crippen LogP contribution in [0.4, 0.5) is 5.69 Å². The first kappa shape index (κ1) is 25.1. The minimum atomic E-state index is -0.759. The van der Waals surface area contributed by atoms with E-state index >= 15 is 0 Å². The second-order valence-electron chi connectivity index (χ2n) is 6.97. The van der Waals surface area contributed by atoms with Crippen LogP contribution in [0.1, 0.15) is 37.9 Å². The van der Waals surface area contributed by atoms with Crippen molar-refractivity contribution in [1.29, 1.82) is 5.41 Å². The molecule has 1 atom stereocenters. The number of ether oxygens (including phenoxy) is 3. The van der Waals surface area contributed by atoms with E-state index in [1.54, 1.807) is 30.3 Å². The zero-order valence-electron chi connectivity index (χ0n) is 17.7. The summed E-state index contributed by atoms with van der Waals surface area (Å²) >= 11 is 0. The summed E-state index contributed by atoms with van der Waals surface area (Å²) in [5.41, 5.74) is 7.46. The van der Waals surface area contributed by atoms with Crippen LogP contribution in [0.15, 0.2) is 42.5 Å². The number of methoxy groups -OCH3 is 1. The van der Waals surface area contributed by atoms with Crippen molar-refractivity contribution in [2.24, 2.45) is 11.7 Å². The lowest BCUT2D eigenvalue weighted by Gasteiger charge is -2.20. The van der Waals surface area contributed by atoms with Crippen molar-refractivity contribution in [2.75, 3.05) is 25.6 Å². The molecule has 4 N–H and O–H groups in total. The highest BCUT2D eigenvalue weighted by Gasteiger charge is 2.23. The molecule has 2 aromatic carbocycles. The van der Waals surface area contributed by atoms with E-state index in [2.05, 4.69) is 19.2 Å². The number of nitrogens with two attached hydrogens (primary N) is 1. The van der Waals surface area contributed by atoms with Crippen molar-refractivity contribution >= 4 is 29.9 Å². The number of rotatable bonds is 10. The Morgan fingerprint density at radius 3 is 2.20 bits per heavy atom. The molecule has 8 heteroatoms. The fourth-order valence-corrected chi connectivity index (χ4v) is 2.67. The Bertz CT molecular complexity index is 841. The summed E-state index contributed by atoms with van der Waals surface area (Å²) in [4.78, 5) is 12.5. The van der Waals surface area contributed by atoms with Gasteiger partial charge in [-0.15, -0.1) is 12.4 Å². The van der Waals surface area contributed by atoms with Crippen LogP contribution in [0.25, 0.3) is 0 Å². The quantitative estimate of drug-likeness (QED) is 0.294. The molecule has 0 heterocycles. The molecule has 1 unspecified atom stereocenters. The van der Waals surface area contributed by atoms with E-state index in [0.717, 1.165) is 0 Å². The van der Waals surface area contributed by atoms with Crippen molar-refractivity contribution in [3.05, 3.63) is 53.6 Å². The number of carbonyl (C=O) groups is 1. The summed E-state index contributed by atoms with van der Waals surface area (Å²) in [6, 6.07) is 11.6. The topological polar surface area (TPSA) is 107 Å². The third kappa shape index (κ3) is 7.15. The second kappa shape index (κ2) is 11.9. The average molecular weight is 436 g/mol. The van der Waals surface area contributed by atoms with E-state index in [9.17, 15) is 4.79 Å². The molecular formula is C22H30ClN3O4. The van der Waals surface area contributed by atoms with Crippen LogP contribution in [0, 0.1) is 11.3 Å². The number of nitrogens with one attached hydrogen (secondary N) is 2. The van der Waals surface area contributed by atoms with Gasteiger partial charge in [0.15, 0.2) is 6.04 Å². The van der Waals surface area contributed by atoms with Gasteiger partial charge in [0, 0.05) is 17.3 Å². The van der Waals surface area contributed by atoms with E-state index in [0.29, 0.717) is 47.4 Å². The number of carbonyl (C=O) groups excluding carboxylic acids is 1. The molecule has 0 aliphatic rings. The summed E-state index contributed by atoms with van der Waals surface area (Å²) in [5, 5.41) is 10.7. The summed E-state index contributed by atoms with van der Waals surface area (Å²) in [6.45, 7) is 7.08. The number of hydrogen-bond acceptors (Lipinski definition) is 6. The van der Waals surface area contributed by atoms with Crippen LogP contribution >= 0.6 is 12.4 Å². The summed E-state index contributed by atoms with van der Waals surface area (Å²) < 4.78 is 16.5. The molecule has 0 saturated carbocycles. The highest BCUT2D eigenvalue weighted by molar-refractivity contribution is 5.95. The molecule has 0 radical (unpaired) electrons. The Morgan fingerprint density at radius 1 is 1.10 bits per heavy atom. The number of anilines is 1. The van der Waals surface area contributed by atoms with Gasteiger partial charge in [0.1, 0.15) is 17.3 Å². The molecule has 0 aromatic heterocycles. The second-order valence-corrected chi connectivity index (χ2v) is 6.97. The van der Waals surface area contributed by atoms with Gasteiger partial charge in [0.2, 0.25) is 0 Å². The van der Waals surface area contributed by atoms with Gasteiger partial charge in [-0.2, -0.15) is 0 Å². The maximum atomic E-state index is 12.5. The molecule has 0 aliphatic carbocycles. The number of nitrogen functional groups attached to an aromatic ring is 1. The third-order valence-electron chi connectivity index (χ3n) is 4.07. The van der Waals surface area contributed by atoms with E-state index in [4.69, 9.17) is 25.4 Å². The largest absolute Gasteiger partial charge is 0.494 e. The number of halogens is 1. The molecule has 2 rings (SSSR count). The minimum absolute atomic E-state index is 0. The van der Waals surface area contributed by atoms with Crippen LogP contribution < -0.4 is 20.5 Å². The Balaban J connectivity index is 0.00000450. The molecule has 0 bridgehead atoms. The first-order chi connectivity index (χ1) is 13.8. The fourth-order valence-electron chi connectivity index (χ4n) is 2.67. The third-order valence-corrected chi connectivity index (χ3v) is 4.07. The van der Waals surface area contributed by atoms with Crippen molar-refractivity contribution in [3.8, 4) is 11.5 Å². The fraction of sp³-hybridized carbons (Fsp3) is 0.364. The van der Waals surface area contributed by atoms with Gasteiger partial charge >= 0.3 is 5.97 Å². The summed E-state index contributed by atoms with van der Waals surface area (Å²) in [5.74, 6) is 1.15. The SMILES string of the molecule is CCOc1cc(OCC(C)C)cc(C(Nc2ccc(C(=N)N)cc2)C(=O)OC)c1.Cl. The normalized spacial score (nSPS) is 11.2. The molecule has 164 valence electrons. The van der Waals surface area contributed by atoms with Gasteiger partial charge < -0.3 is 25.3 Å². The lowest BCUT2D eigenvalue weighted by atomic mass is 10.0. The average Bonchev–Trinajstić information content (AvgIpc) is 2.70. The molecule has 2 aromatic rings. The van der Waals surface area contributed by atoms with Crippen molar-refractivity contribution in [1.82, 2.24) is 0 Å². The van der Waals surface area contributed by atoms with Gasteiger partial charge in [-0.05, 0) is 54.8 Å². The van der Waals surface area contributed by atoms with Crippen molar-refractivity contribution in [3.63, 3.8) is 0 Å². The molecule has 0 spiro atoms. The van der Waals surface area contributed by atoms with Crippen molar-refractivity contribution < 1.29 is 19.0 Å². The predicted molar refractivity (Wildman–Crippen MR) is 121 cm³/mol. The number of benzene rings is 2. The van der Waals surface area contributed by atoms with Crippen LogP contribution in [0.2, 0.25) is 0 Å². The van der Waals surface area contributed by atoms with E-state index in [-0.39, 0.29) is 18.2 Å². The maximum absolute atomic E-state index is 12.5. The highest BCUT2D eigenvalue weighted by Crippen LogP contribution is 2.30. The zero-order chi connectivity index (χ0) is 21.4. The van der Waals surface area contributed by atoms with E-state index in [1.165, 1.54) is 7.11 Å². The summed E-state index contributed by atoms with van der Waals surface area (Å²) in [7, 11) is 1.35. The van der Waals surface area contributed by atoms with Gasteiger partial charge in [-0.3, -0.25) is 5.41 Å². The number of esters is 1. The Morgan fingerprint density at radius 2 is 1.70 bits per heavy atom. The predicted octanol–water partition coefficient (Wildman–Crippen LogP) is 4.15. The smallest absolute Gasteiger partial charge is 0.332 e. The van der Waals surface area contributed by atoms with Crippen LogP contribution in [-0.2, 0) is 9.53 Å². The first-order valence-electron chi connectivity index (χ1n) is 9.53. The van der Waals surface area contributed by atoms with Crippen molar-refractivity contribution in [2.45, 2.75) is 26.8 Å². The Hall–Kier alpha value is -2.93. The Kier molecular flexibility index (Phi) is 9.98. The van der Waals surface area contributed by atoms with E-state index in [1.807, 2.05) is 19.1 Å². The van der Waals surface area contributed by atoms with Crippen LogP contribution in [0.3, 0.4) is 0 Å². The first-order valence-corrected chi connectivity index (χ1v) is 9.53. The minimum Gasteiger partial charge on any atom is -0.494 e. The zero-order valence-corrected chi connectivity index (χ0v) is 18.5. The maximum Gasteiger partial charge on any atom is 0.332 e. The Labute approximate surface area is 183 Å². The number of hydrogen-bond donors (Lipinski definition) is 3. The highest BCUT2D eigenvalue weighted by atomic mass is 35.5. The molecule has 7 nitrogen and oxygen atoms in total. The molecule has 30 heavy (non-hydrogen) atoms. The van der Waals surface area contributed by atoms with E-state index < -0.39 is 12.0 Å². The molecule has 0 aliphatic heterocycles. The van der Waals surface area contributed by atoms with Gasteiger partial charge in [0.05, 0.1) is 20.3 Å². The lowest BCUT2D eigenvalue weighted by molar-refractivity contribution is -0.141. The molecular weight excluding hydrogens is 406 g/mol. The monoisotopic (exact) mass is 435 g/mol. The molecule has 0 saturated heterocycles. The van der Waals surface area contributed by atoms with Gasteiger partial charge in [0.25, 0.3) is 0 Å². The number of amidine groups is 1. The van der Waals surface area contributed by atoms with Crippen LogP contribution in [0.5, 0.6) is 11.5 Å². The van der Waals surface area contributed by atoms with Gasteiger partial charge in [-0.25, -0.2) is 4.79 Å². The standard InChI is InChI=1S/C22H29N3O4.ClH/c1-5-28-18-10-16(11-19(12-18)29-13-14(2)3)20(22(26)27-4)25-17-8-6-15(7-9-17)21(23)24;/h6-12,14,20,25H,5,13H2,1-4H3,(H3,23,24);1H. The van der Waals surface area contributed by atoms with Crippen LogP contribution in [-0.4, -0.2) is 32.1 Å². The molecule has 0 amide bonds. The summed E-state index contributed by atoms with van der Waals surface area (Å²) in [6.07, 6.45) is 0. The molecule has 0 fully saturated rings. The lowest BCUT2D eigenvalue weighted by Crippen LogP contribution is -2.22. The van der Waals surface area contributed by atoms with Gasteiger partial charge in [-0.1, -0.05) is 13.8 Å².